The zero-order valence-corrected chi connectivity index (χ0v) is 15.3. The maximum atomic E-state index is 5.76. The van der Waals surface area contributed by atoms with Crippen LogP contribution in [0.5, 0.6) is 5.75 Å². The van der Waals surface area contributed by atoms with Crippen molar-refractivity contribution in [3.05, 3.63) is 77.9 Å². The molecule has 2 aromatic carbocycles. The van der Waals surface area contributed by atoms with E-state index in [0.29, 0.717) is 0 Å². The lowest BCUT2D eigenvalue weighted by Gasteiger charge is -2.05. The standard InChI is InChI=1S/C24H28O/c1-3-5-7-8-20-25-24-18-16-23(17-19-24)15-14-22-12-10-21(11-13-22)9-6-4-2/h4,10-13,16-19H,2-3,5-9,20H2,1H3. The van der Waals surface area contributed by atoms with Crippen molar-refractivity contribution in [1.29, 1.82) is 0 Å². The van der Waals surface area contributed by atoms with Crippen molar-refractivity contribution in [2.45, 2.75) is 45.4 Å². The van der Waals surface area contributed by atoms with Gasteiger partial charge in [0.1, 0.15) is 5.75 Å². The van der Waals surface area contributed by atoms with E-state index in [0.717, 1.165) is 42.7 Å². The number of hydrogen-bond acceptors (Lipinski definition) is 1. The summed E-state index contributed by atoms with van der Waals surface area (Å²) >= 11 is 0. The lowest BCUT2D eigenvalue weighted by atomic mass is 10.1. The van der Waals surface area contributed by atoms with Crippen LogP contribution in [0.2, 0.25) is 0 Å². The highest BCUT2D eigenvalue weighted by Gasteiger charge is 1.95. The van der Waals surface area contributed by atoms with Gasteiger partial charge in [-0.05, 0) is 61.2 Å². The maximum Gasteiger partial charge on any atom is 0.119 e. The van der Waals surface area contributed by atoms with Crippen molar-refractivity contribution in [1.82, 2.24) is 0 Å². The summed E-state index contributed by atoms with van der Waals surface area (Å²) in [6.07, 6.45) is 8.91. The lowest BCUT2D eigenvalue weighted by molar-refractivity contribution is 0.305. The van der Waals surface area contributed by atoms with E-state index in [1.807, 2.05) is 30.3 Å². The van der Waals surface area contributed by atoms with E-state index in [2.05, 4.69) is 49.6 Å². The SMILES string of the molecule is C=CCCc1ccc(C#Cc2ccc(OCCCCCC)cc2)cc1. The van der Waals surface area contributed by atoms with E-state index in [9.17, 15) is 0 Å². The molecule has 25 heavy (non-hydrogen) atoms. The van der Waals surface area contributed by atoms with Gasteiger partial charge in [0.15, 0.2) is 0 Å². The van der Waals surface area contributed by atoms with Crippen molar-refractivity contribution in [2.24, 2.45) is 0 Å². The predicted molar refractivity (Wildman–Crippen MR) is 107 cm³/mol. The number of allylic oxidation sites excluding steroid dienone is 1. The van der Waals surface area contributed by atoms with Crippen molar-refractivity contribution in [3.8, 4) is 17.6 Å². The quantitative estimate of drug-likeness (QED) is 0.303. The van der Waals surface area contributed by atoms with Gasteiger partial charge in [-0.3, -0.25) is 0 Å². The van der Waals surface area contributed by atoms with Gasteiger partial charge < -0.3 is 4.74 Å². The zero-order valence-electron chi connectivity index (χ0n) is 15.3. The van der Waals surface area contributed by atoms with E-state index in [4.69, 9.17) is 4.74 Å². The highest BCUT2D eigenvalue weighted by Crippen LogP contribution is 2.13. The molecule has 0 aliphatic rings. The maximum absolute atomic E-state index is 5.76. The Morgan fingerprint density at radius 2 is 1.52 bits per heavy atom. The van der Waals surface area contributed by atoms with Crippen LogP contribution in [0.3, 0.4) is 0 Å². The fraction of sp³-hybridized carbons (Fsp3) is 0.333. The molecule has 2 rings (SSSR count). The van der Waals surface area contributed by atoms with E-state index in [1.165, 1.54) is 24.8 Å². The van der Waals surface area contributed by atoms with Gasteiger partial charge in [-0.1, -0.05) is 56.2 Å². The Morgan fingerprint density at radius 1 is 0.880 bits per heavy atom. The van der Waals surface area contributed by atoms with Crippen LogP contribution < -0.4 is 4.74 Å². The molecule has 0 aliphatic heterocycles. The third-order valence-electron chi connectivity index (χ3n) is 4.06. The summed E-state index contributed by atoms with van der Waals surface area (Å²) in [6, 6.07) is 16.5. The van der Waals surface area contributed by atoms with Crippen LogP contribution >= 0.6 is 0 Å². The topological polar surface area (TPSA) is 9.23 Å². The number of aryl methyl sites for hydroxylation is 1. The molecule has 1 heteroatoms. The first kappa shape index (κ1) is 18.9. The van der Waals surface area contributed by atoms with Crippen molar-refractivity contribution >= 4 is 0 Å². The molecule has 0 saturated carbocycles. The number of ether oxygens (including phenoxy) is 1. The Hall–Kier alpha value is -2.46. The summed E-state index contributed by atoms with van der Waals surface area (Å²) in [6.45, 7) is 6.77. The number of benzene rings is 2. The minimum absolute atomic E-state index is 0.795. The third-order valence-corrected chi connectivity index (χ3v) is 4.06. The molecule has 0 saturated heterocycles. The molecule has 0 unspecified atom stereocenters. The fourth-order valence-corrected chi connectivity index (χ4v) is 2.52. The average Bonchev–Trinajstić information content (AvgIpc) is 2.66. The third kappa shape index (κ3) is 7.31. The predicted octanol–water partition coefficient (Wildman–Crippen LogP) is 6.16. The molecule has 0 fully saturated rings. The van der Waals surface area contributed by atoms with Crippen molar-refractivity contribution in [3.63, 3.8) is 0 Å². The molecule has 0 heterocycles. The van der Waals surface area contributed by atoms with Gasteiger partial charge in [0.05, 0.1) is 6.61 Å². The normalized spacial score (nSPS) is 9.96. The summed E-state index contributed by atoms with van der Waals surface area (Å²) in [5.41, 5.74) is 3.37. The molecule has 0 aliphatic carbocycles. The van der Waals surface area contributed by atoms with E-state index < -0.39 is 0 Å². The van der Waals surface area contributed by atoms with Gasteiger partial charge in [0.25, 0.3) is 0 Å². The van der Waals surface area contributed by atoms with Crippen LogP contribution in [0.4, 0.5) is 0 Å². The second-order valence-corrected chi connectivity index (χ2v) is 6.21. The lowest BCUT2D eigenvalue weighted by Crippen LogP contribution is -1.96. The first-order valence-electron chi connectivity index (χ1n) is 9.26. The van der Waals surface area contributed by atoms with Crippen LogP contribution in [-0.4, -0.2) is 6.61 Å². The van der Waals surface area contributed by atoms with Gasteiger partial charge in [-0.2, -0.15) is 0 Å². The van der Waals surface area contributed by atoms with Gasteiger partial charge in [-0.15, -0.1) is 6.58 Å². The molecule has 0 radical (unpaired) electrons. The molecule has 0 aromatic heterocycles. The molecular weight excluding hydrogens is 304 g/mol. The monoisotopic (exact) mass is 332 g/mol. The average molecular weight is 332 g/mol. The smallest absolute Gasteiger partial charge is 0.119 e. The molecule has 0 bridgehead atoms. The highest BCUT2D eigenvalue weighted by molar-refractivity contribution is 5.44. The van der Waals surface area contributed by atoms with Gasteiger partial charge in [0, 0.05) is 11.1 Å². The molecule has 0 spiro atoms. The van der Waals surface area contributed by atoms with Crippen LogP contribution in [-0.2, 0) is 6.42 Å². The summed E-state index contributed by atoms with van der Waals surface area (Å²) in [5.74, 6) is 7.36. The number of rotatable bonds is 9. The second-order valence-electron chi connectivity index (χ2n) is 6.21. The van der Waals surface area contributed by atoms with Gasteiger partial charge in [-0.25, -0.2) is 0 Å². The Labute approximate surface area is 152 Å². The Bertz CT molecular complexity index is 684. The van der Waals surface area contributed by atoms with Crippen LogP contribution in [0.1, 0.15) is 55.7 Å². The van der Waals surface area contributed by atoms with Crippen molar-refractivity contribution in [2.75, 3.05) is 6.61 Å². The number of unbranched alkanes of at least 4 members (excludes halogenated alkanes) is 3. The summed E-state index contributed by atoms with van der Waals surface area (Å²) in [5, 5.41) is 0. The zero-order chi connectivity index (χ0) is 17.7. The van der Waals surface area contributed by atoms with Crippen LogP contribution in [0, 0.1) is 11.8 Å². The summed E-state index contributed by atoms with van der Waals surface area (Å²) in [7, 11) is 0. The van der Waals surface area contributed by atoms with Crippen LogP contribution in [0.25, 0.3) is 0 Å². The van der Waals surface area contributed by atoms with Crippen LogP contribution in [0.15, 0.2) is 61.2 Å². The first-order chi connectivity index (χ1) is 12.3. The molecule has 0 N–H and O–H groups in total. The minimum atomic E-state index is 0.795. The number of hydrogen-bond donors (Lipinski definition) is 0. The van der Waals surface area contributed by atoms with Gasteiger partial charge in [0.2, 0.25) is 0 Å². The minimum Gasteiger partial charge on any atom is -0.494 e. The highest BCUT2D eigenvalue weighted by atomic mass is 16.5. The largest absolute Gasteiger partial charge is 0.494 e. The van der Waals surface area contributed by atoms with E-state index >= 15 is 0 Å². The first-order valence-corrected chi connectivity index (χ1v) is 9.26. The van der Waals surface area contributed by atoms with Crippen molar-refractivity contribution < 1.29 is 4.74 Å². The molecule has 130 valence electrons. The van der Waals surface area contributed by atoms with E-state index in [-0.39, 0.29) is 0 Å². The molecule has 2 aromatic rings. The Morgan fingerprint density at radius 3 is 2.12 bits per heavy atom. The fourth-order valence-electron chi connectivity index (χ4n) is 2.52. The van der Waals surface area contributed by atoms with E-state index in [1.54, 1.807) is 0 Å². The summed E-state index contributed by atoms with van der Waals surface area (Å²) < 4.78 is 5.76. The molecule has 1 nitrogen and oxygen atoms in total. The molecule has 0 atom stereocenters. The second kappa shape index (κ2) is 11.2. The molecule has 0 amide bonds. The Balaban J connectivity index is 1.84. The van der Waals surface area contributed by atoms with Gasteiger partial charge >= 0.3 is 0 Å². The Kier molecular flexibility index (Phi) is 8.42. The molecular formula is C24H28O. The summed E-state index contributed by atoms with van der Waals surface area (Å²) in [4.78, 5) is 0.